The number of hydrogen-bond donors (Lipinski definition) is 1. The first-order valence-electron chi connectivity index (χ1n) is 7.02. The van der Waals surface area contributed by atoms with Crippen molar-refractivity contribution in [3.63, 3.8) is 0 Å². The molecule has 0 spiro atoms. The predicted molar refractivity (Wildman–Crippen MR) is 82.9 cm³/mol. The Labute approximate surface area is 122 Å². The Kier molecular flexibility index (Phi) is 2.70. The minimum atomic E-state index is 0.682. The molecule has 0 bridgehead atoms. The lowest BCUT2D eigenvalue weighted by atomic mass is 9.98. The summed E-state index contributed by atoms with van der Waals surface area (Å²) < 4.78 is 0. The SMILES string of the molecule is Nc1cccc2c1CCN(c1nnc3ccccc3n1)C2. The molecule has 0 aliphatic carbocycles. The van der Waals surface area contributed by atoms with Gasteiger partial charge in [-0.1, -0.05) is 24.3 Å². The summed E-state index contributed by atoms with van der Waals surface area (Å²) in [4.78, 5) is 6.77. The molecule has 2 aromatic carbocycles. The second-order valence-electron chi connectivity index (χ2n) is 5.26. The smallest absolute Gasteiger partial charge is 0.246 e. The lowest BCUT2D eigenvalue weighted by Crippen LogP contribution is -2.32. The third-order valence-electron chi connectivity index (χ3n) is 3.93. The fourth-order valence-electron chi connectivity index (χ4n) is 2.82. The summed E-state index contributed by atoms with van der Waals surface area (Å²) in [5.41, 5.74) is 11.1. The quantitative estimate of drug-likeness (QED) is 0.690. The van der Waals surface area contributed by atoms with Crippen molar-refractivity contribution in [1.82, 2.24) is 15.2 Å². The highest BCUT2D eigenvalue weighted by Gasteiger charge is 2.20. The molecule has 5 heteroatoms. The summed E-state index contributed by atoms with van der Waals surface area (Å²) in [6.45, 7) is 1.64. The highest BCUT2D eigenvalue weighted by Crippen LogP contribution is 2.26. The van der Waals surface area contributed by atoms with Gasteiger partial charge in [0.2, 0.25) is 5.95 Å². The third kappa shape index (κ3) is 2.07. The largest absolute Gasteiger partial charge is 0.398 e. The zero-order chi connectivity index (χ0) is 14.2. The molecule has 4 rings (SSSR count). The van der Waals surface area contributed by atoms with Crippen LogP contribution in [0.5, 0.6) is 0 Å². The van der Waals surface area contributed by atoms with E-state index in [1.165, 1.54) is 11.1 Å². The molecule has 3 aromatic rings. The van der Waals surface area contributed by atoms with Gasteiger partial charge in [-0.2, -0.15) is 0 Å². The molecule has 5 nitrogen and oxygen atoms in total. The standard InChI is InChI=1S/C16H15N5/c17-13-5-3-4-11-10-21(9-8-12(11)13)16-18-14-6-1-2-7-15(14)19-20-16/h1-7H,8-10,17H2. The highest BCUT2D eigenvalue weighted by molar-refractivity contribution is 5.74. The lowest BCUT2D eigenvalue weighted by molar-refractivity contribution is 0.703. The van der Waals surface area contributed by atoms with E-state index >= 15 is 0 Å². The van der Waals surface area contributed by atoms with Gasteiger partial charge in [0.25, 0.3) is 0 Å². The number of anilines is 2. The van der Waals surface area contributed by atoms with Crippen LogP contribution in [0.2, 0.25) is 0 Å². The van der Waals surface area contributed by atoms with E-state index < -0.39 is 0 Å². The summed E-state index contributed by atoms with van der Waals surface area (Å²) in [6, 6.07) is 13.9. The molecule has 0 atom stereocenters. The molecule has 2 heterocycles. The van der Waals surface area contributed by atoms with E-state index in [4.69, 9.17) is 5.73 Å². The summed E-state index contributed by atoms with van der Waals surface area (Å²) in [5, 5.41) is 8.51. The second-order valence-corrected chi connectivity index (χ2v) is 5.26. The Morgan fingerprint density at radius 3 is 2.71 bits per heavy atom. The van der Waals surface area contributed by atoms with Crippen molar-refractivity contribution < 1.29 is 0 Å². The van der Waals surface area contributed by atoms with Gasteiger partial charge in [0, 0.05) is 18.8 Å². The van der Waals surface area contributed by atoms with Crippen molar-refractivity contribution >= 4 is 22.7 Å². The topological polar surface area (TPSA) is 67.9 Å². The van der Waals surface area contributed by atoms with Crippen molar-refractivity contribution in [3.8, 4) is 0 Å². The zero-order valence-electron chi connectivity index (χ0n) is 11.5. The van der Waals surface area contributed by atoms with Crippen LogP contribution in [0.4, 0.5) is 11.6 Å². The molecule has 0 fully saturated rings. The molecule has 2 N–H and O–H groups in total. The van der Waals surface area contributed by atoms with Crippen LogP contribution in [0.25, 0.3) is 11.0 Å². The molecule has 0 saturated heterocycles. The molecule has 0 amide bonds. The van der Waals surface area contributed by atoms with Crippen LogP contribution in [-0.4, -0.2) is 21.7 Å². The maximum Gasteiger partial charge on any atom is 0.246 e. The van der Waals surface area contributed by atoms with Gasteiger partial charge >= 0.3 is 0 Å². The molecular formula is C16H15N5. The number of fused-ring (bicyclic) bond motifs is 2. The van der Waals surface area contributed by atoms with Gasteiger partial charge in [-0.3, -0.25) is 0 Å². The predicted octanol–water partition coefficient (Wildman–Crippen LogP) is 2.17. The number of nitrogens with two attached hydrogens (primary N) is 1. The van der Waals surface area contributed by atoms with E-state index in [0.29, 0.717) is 5.95 Å². The Balaban J connectivity index is 1.70. The van der Waals surface area contributed by atoms with Crippen LogP contribution < -0.4 is 10.6 Å². The van der Waals surface area contributed by atoms with Crippen molar-refractivity contribution in [1.29, 1.82) is 0 Å². The Morgan fingerprint density at radius 2 is 1.81 bits per heavy atom. The van der Waals surface area contributed by atoms with E-state index in [1.807, 2.05) is 36.4 Å². The maximum absolute atomic E-state index is 6.04. The molecule has 21 heavy (non-hydrogen) atoms. The van der Waals surface area contributed by atoms with E-state index in [-0.39, 0.29) is 0 Å². The van der Waals surface area contributed by atoms with E-state index in [2.05, 4.69) is 26.1 Å². The van der Waals surface area contributed by atoms with E-state index in [9.17, 15) is 0 Å². The number of benzene rings is 2. The normalized spacial score (nSPS) is 14.2. The number of hydrogen-bond acceptors (Lipinski definition) is 5. The highest BCUT2D eigenvalue weighted by atomic mass is 15.3. The van der Waals surface area contributed by atoms with Crippen molar-refractivity contribution in [2.24, 2.45) is 0 Å². The molecule has 1 aromatic heterocycles. The average Bonchev–Trinajstić information content (AvgIpc) is 2.54. The van der Waals surface area contributed by atoms with Gasteiger partial charge in [0.15, 0.2) is 0 Å². The number of aromatic nitrogens is 3. The van der Waals surface area contributed by atoms with E-state index in [1.54, 1.807) is 0 Å². The Morgan fingerprint density at radius 1 is 0.952 bits per heavy atom. The van der Waals surface area contributed by atoms with Gasteiger partial charge in [-0.25, -0.2) is 4.98 Å². The van der Waals surface area contributed by atoms with Crippen molar-refractivity contribution in [2.45, 2.75) is 13.0 Å². The van der Waals surface area contributed by atoms with Gasteiger partial charge < -0.3 is 10.6 Å². The van der Waals surface area contributed by atoms with Crippen LogP contribution in [0.1, 0.15) is 11.1 Å². The van der Waals surface area contributed by atoms with Gasteiger partial charge in [0.05, 0.1) is 5.52 Å². The fourth-order valence-corrected chi connectivity index (χ4v) is 2.82. The van der Waals surface area contributed by atoms with E-state index in [0.717, 1.165) is 36.2 Å². The third-order valence-corrected chi connectivity index (χ3v) is 3.93. The zero-order valence-corrected chi connectivity index (χ0v) is 11.5. The van der Waals surface area contributed by atoms with Crippen LogP contribution in [0, 0.1) is 0 Å². The van der Waals surface area contributed by atoms with Crippen molar-refractivity contribution in [2.75, 3.05) is 17.2 Å². The number of nitrogens with zero attached hydrogens (tertiary/aromatic N) is 4. The van der Waals surface area contributed by atoms with Crippen LogP contribution in [0.15, 0.2) is 42.5 Å². The summed E-state index contributed by atoms with van der Waals surface area (Å²) >= 11 is 0. The van der Waals surface area contributed by atoms with Crippen LogP contribution in [-0.2, 0) is 13.0 Å². The second kappa shape index (κ2) is 4.70. The minimum Gasteiger partial charge on any atom is -0.398 e. The number of para-hydroxylation sites is 1. The molecule has 1 aliphatic heterocycles. The molecule has 1 aliphatic rings. The van der Waals surface area contributed by atoms with Gasteiger partial charge in [-0.15, -0.1) is 10.2 Å². The minimum absolute atomic E-state index is 0.682. The van der Waals surface area contributed by atoms with Gasteiger partial charge in [-0.05, 0) is 35.7 Å². The summed E-state index contributed by atoms with van der Waals surface area (Å²) in [5.74, 6) is 0.682. The molecule has 0 radical (unpaired) electrons. The number of nitrogen functional groups attached to an aromatic ring is 1. The molecular weight excluding hydrogens is 262 g/mol. The lowest BCUT2D eigenvalue weighted by Gasteiger charge is -2.29. The summed E-state index contributed by atoms with van der Waals surface area (Å²) in [7, 11) is 0. The maximum atomic E-state index is 6.04. The van der Waals surface area contributed by atoms with Gasteiger partial charge in [0.1, 0.15) is 5.52 Å². The Hall–Kier alpha value is -2.69. The molecule has 104 valence electrons. The molecule has 0 saturated carbocycles. The monoisotopic (exact) mass is 277 g/mol. The first kappa shape index (κ1) is 12.1. The van der Waals surface area contributed by atoms with Crippen molar-refractivity contribution in [3.05, 3.63) is 53.6 Å². The van der Waals surface area contributed by atoms with Crippen LogP contribution in [0.3, 0.4) is 0 Å². The average molecular weight is 277 g/mol. The Bertz CT molecular complexity index is 815. The van der Waals surface area contributed by atoms with Crippen LogP contribution >= 0.6 is 0 Å². The molecule has 0 unspecified atom stereocenters. The first-order chi connectivity index (χ1) is 10.3. The summed E-state index contributed by atoms with van der Waals surface area (Å²) in [6.07, 6.45) is 0.915. The first-order valence-corrected chi connectivity index (χ1v) is 7.02. The number of rotatable bonds is 1. The fraction of sp³-hybridized carbons (Fsp3) is 0.188.